The third-order valence-corrected chi connectivity index (χ3v) is 2.71. The molecule has 0 amide bonds. The number of rotatable bonds is 3. The van der Waals surface area contributed by atoms with Crippen LogP contribution in [0.15, 0.2) is 48.5 Å². The normalized spacial score (nSPS) is 10.3. The van der Waals surface area contributed by atoms with Crippen molar-refractivity contribution in [2.75, 3.05) is 11.9 Å². The van der Waals surface area contributed by atoms with Crippen molar-refractivity contribution in [1.82, 2.24) is 0 Å². The Hall–Kier alpha value is -1.87. The molecule has 3 heteroatoms. The molecule has 0 aliphatic heterocycles. The van der Waals surface area contributed by atoms with Gasteiger partial charge in [-0.05, 0) is 35.9 Å². The van der Waals surface area contributed by atoms with Gasteiger partial charge >= 0.3 is 0 Å². The molecule has 0 radical (unpaired) electrons. The van der Waals surface area contributed by atoms with E-state index in [1.165, 1.54) is 12.1 Å². The molecule has 2 aromatic rings. The summed E-state index contributed by atoms with van der Waals surface area (Å²) in [5.41, 5.74) is 8.15. The molecule has 2 aromatic carbocycles. The summed E-state index contributed by atoms with van der Waals surface area (Å²) in [6, 6.07) is 14.7. The van der Waals surface area contributed by atoms with Crippen LogP contribution in [0.4, 0.5) is 15.8 Å². The second kappa shape index (κ2) is 4.97. The standard InChI is InChI=1S/C14H15FN2/c1-17(13-5-3-2-4-6-13)14-8-11(10-16)7-12(15)9-14/h2-9H,10,16H2,1H3. The third kappa shape index (κ3) is 2.63. The van der Waals surface area contributed by atoms with E-state index in [0.717, 1.165) is 16.9 Å². The van der Waals surface area contributed by atoms with Gasteiger partial charge in [0.2, 0.25) is 0 Å². The fraction of sp³-hybridized carbons (Fsp3) is 0.143. The monoisotopic (exact) mass is 230 g/mol. The number of nitrogens with zero attached hydrogens (tertiary/aromatic N) is 1. The van der Waals surface area contributed by atoms with Crippen molar-refractivity contribution in [3.05, 3.63) is 59.9 Å². The van der Waals surface area contributed by atoms with Crippen molar-refractivity contribution in [2.45, 2.75) is 6.54 Å². The zero-order valence-electron chi connectivity index (χ0n) is 9.73. The second-order valence-corrected chi connectivity index (χ2v) is 3.92. The maximum absolute atomic E-state index is 13.4. The number of nitrogens with two attached hydrogens (primary N) is 1. The van der Waals surface area contributed by atoms with Gasteiger partial charge in [0.1, 0.15) is 5.82 Å². The fourth-order valence-corrected chi connectivity index (χ4v) is 1.75. The first-order chi connectivity index (χ1) is 8.20. The number of para-hydroxylation sites is 1. The van der Waals surface area contributed by atoms with E-state index in [-0.39, 0.29) is 5.82 Å². The Labute approximate surface area is 100 Å². The Kier molecular flexibility index (Phi) is 3.40. The van der Waals surface area contributed by atoms with Crippen LogP contribution in [0.3, 0.4) is 0 Å². The zero-order valence-corrected chi connectivity index (χ0v) is 9.73. The smallest absolute Gasteiger partial charge is 0.125 e. The van der Waals surface area contributed by atoms with E-state index in [1.54, 1.807) is 0 Å². The largest absolute Gasteiger partial charge is 0.345 e. The quantitative estimate of drug-likeness (QED) is 0.878. The van der Waals surface area contributed by atoms with Crippen LogP contribution < -0.4 is 10.6 Å². The van der Waals surface area contributed by atoms with Crippen LogP contribution in [0.1, 0.15) is 5.56 Å². The van der Waals surface area contributed by atoms with Crippen molar-refractivity contribution in [3.8, 4) is 0 Å². The van der Waals surface area contributed by atoms with Crippen molar-refractivity contribution in [1.29, 1.82) is 0 Å². The first-order valence-electron chi connectivity index (χ1n) is 5.49. The molecule has 17 heavy (non-hydrogen) atoms. The van der Waals surface area contributed by atoms with Crippen LogP contribution in [0.25, 0.3) is 0 Å². The highest BCUT2D eigenvalue weighted by molar-refractivity contribution is 5.62. The van der Waals surface area contributed by atoms with Crippen molar-refractivity contribution >= 4 is 11.4 Å². The number of hydrogen-bond donors (Lipinski definition) is 1. The third-order valence-electron chi connectivity index (χ3n) is 2.71. The predicted molar refractivity (Wildman–Crippen MR) is 68.8 cm³/mol. The Morgan fingerprint density at radius 2 is 1.76 bits per heavy atom. The summed E-state index contributed by atoms with van der Waals surface area (Å²) in [4.78, 5) is 1.93. The molecule has 2 rings (SSSR count). The van der Waals surface area contributed by atoms with E-state index in [1.807, 2.05) is 48.3 Å². The summed E-state index contributed by atoms with van der Waals surface area (Å²) in [5, 5.41) is 0. The Morgan fingerprint density at radius 3 is 2.41 bits per heavy atom. The van der Waals surface area contributed by atoms with Crippen LogP contribution in [-0.2, 0) is 6.54 Å². The van der Waals surface area contributed by atoms with E-state index >= 15 is 0 Å². The van der Waals surface area contributed by atoms with E-state index in [0.29, 0.717) is 6.54 Å². The molecule has 0 bridgehead atoms. The summed E-state index contributed by atoms with van der Waals surface area (Å²) < 4.78 is 13.4. The SMILES string of the molecule is CN(c1ccccc1)c1cc(F)cc(CN)c1. The number of halogens is 1. The molecule has 0 saturated heterocycles. The van der Waals surface area contributed by atoms with Crippen molar-refractivity contribution in [2.24, 2.45) is 5.73 Å². The molecule has 0 aromatic heterocycles. The minimum absolute atomic E-state index is 0.259. The van der Waals surface area contributed by atoms with Gasteiger partial charge in [-0.25, -0.2) is 4.39 Å². The number of anilines is 2. The van der Waals surface area contributed by atoms with Crippen LogP contribution >= 0.6 is 0 Å². The van der Waals surface area contributed by atoms with Crippen molar-refractivity contribution < 1.29 is 4.39 Å². The van der Waals surface area contributed by atoms with Crippen molar-refractivity contribution in [3.63, 3.8) is 0 Å². The van der Waals surface area contributed by atoms with Gasteiger partial charge in [0.15, 0.2) is 0 Å². The second-order valence-electron chi connectivity index (χ2n) is 3.92. The first kappa shape index (κ1) is 11.6. The molecular weight excluding hydrogens is 215 g/mol. The molecule has 0 heterocycles. The summed E-state index contributed by atoms with van der Waals surface area (Å²) in [7, 11) is 1.91. The zero-order chi connectivity index (χ0) is 12.3. The van der Waals surface area contributed by atoms with E-state index < -0.39 is 0 Å². The van der Waals surface area contributed by atoms with Gasteiger partial charge in [-0.3, -0.25) is 0 Å². The van der Waals surface area contributed by atoms with Crippen LogP contribution in [-0.4, -0.2) is 7.05 Å². The lowest BCUT2D eigenvalue weighted by Crippen LogP contribution is -2.10. The van der Waals surface area contributed by atoms with Crippen LogP contribution in [0, 0.1) is 5.82 Å². The molecule has 0 aliphatic rings. The topological polar surface area (TPSA) is 29.3 Å². The summed E-state index contributed by atoms with van der Waals surface area (Å²) in [6.07, 6.45) is 0. The minimum atomic E-state index is -0.259. The van der Waals surface area contributed by atoms with E-state index in [2.05, 4.69) is 0 Å². The highest BCUT2D eigenvalue weighted by Crippen LogP contribution is 2.24. The van der Waals surface area contributed by atoms with Gasteiger partial charge in [0.25, 0.3) is 0 Å². The molecule has 0 saturated carbocycles. The maximum atomic E-state index is 13.4. The van der Waals surface area contributed by atoms with Gasteiger partial charge in [-0.1, -0.05) is 18.2 Å². The number of hydrogen-bond acceptors (Lipinski definition) is 2. The predicted octanol–water partition coefficient (Wildman–Crippen LogP) is 3.05. The van der Waals surface area contributed by atoms with Crippen LogP contribution in [0.2, 0.25) is 0 Å². The molecule has 0 atom stereocenters. The molecular formula is C14H15FN2. The molecule has 0 fully saturated rings. The molecule has 0 aliphatic carbocycles. The van der Waals surface area contributed by atoms with Gasteiger partial charge in [0, 0.05) is 25.0 Å². The highest BCUT2D eigenvalue weighted by atomic mass is 19.1. The average molecular weight is 230 g/mol. The number of benzene rings is 2. The Morgan fingerprint density at radius 1 is 1.06 bits per heavy atom. The first-order valence-corrected chi connectivity index (χ1v) is 5.49. The minimum Gasteiger partial charge on any atom is -0.345 e. The van der Waals surface area contributed by atoms with E-state index in [4.69, 9.17) is 5.73 Å². The molecule has 0 unspecified atom stereocenters. The molecule has 2 nitrogen and oxygen atoms in total. The van der Waals surface area contributed by atoms with Gasteiger partial charge < -0.3 is 10.6 Å². The molecule has 0 spiro atoms. The average Bonchev–Trinajstić information content (AvgIpc) is 2.38. The Bertz CT molecular complexity index is 497. The summed E-state index contributed by atoms with van der Waals surface area (Å²) in [6.45, 7) is 0.341. The van der Waals surface area contributed by atoms with E-state index in [9.17, 15) is 4.39 Å². The lowest BCUT2D eigenvalue weighted by molar-refractivity contribution is 0.625. The van der Waals surface area contributed by atoms with Gasteiger partial charge in [-0.15, -0.1) is 0 Å². The lowest BCUT2D eigenvalue weighted by atomic mass is 10.1. The summed E-state index contributed by atoms with van der Waals surface area (Å²) in [5.74, 6) is -0.259. The lowest BCUT2D eigenvalue weighted by Gasteiger charge is -2.20. The molecule has 2 N–H and O–H groups in total. The highest BCUT2D eigenvalue weighted by Gasteiger charge is 2.06. The summed E-state index contributed by atoms with van der Waals surface area (Å²) >= 11 is 0. The van der Waals surface area contributed by atoms with Crippen LogP contribution in [0.5, 0.6) is 0 Å². The van der Waals surface area contributed by atoms with Gasteiger partial charge in [-0.2, -0.15) is 0 Å². The Balaban J connectivity index is 2.37. The fourth-order valence-electron chi connectivity index (χ4n) is 1.75. The van der Waals surface area contributed by atoms with Gasteiger partial charge in [0.05, 0.1) is 0 Å². The molecule has 88 valence electrons. The maximum Gasteiger partial charge on any atom is 0.125 e.